The van der Waals surface area contributed by atoms with Gasteiger partial charge in [0.1, 0.15) is 5.75 Å². The molecule has 10 heteroatoms. The van der Waals surface area contributed by atoms with Crippen molar-refractivity contribution in [2.75, 3.05) is 49.4 Å². The molecule has 2 aromatic carbocycles. The fourth-order valence-electron chi connectivity index (χ4n) is 3.12. The maximum Gasteiger partial charge on any atom is 0.277 e. The van der Waals surface area contributed by atoms with Crippen molar-refractivity contribution in [2.45, 2.75) is 5.22 Å². The molecule has 0 unspecified atom stereocenters. The summed E-state index contributed by atoms with van der Waals surface area (Å²) < 4.78 is 16.2. The van der Waals surface area contributed by atoms with E-state index in [-0.39, 0.29) is 11.7 Å². The Bertz CT molecular complexity index is 1040. The van der Waals surface area contributed by atoms with Gasteiger partial charge in [-0.15, -0.1) is 10.2 Å². The van der Waals surface area contributed by atoms with E-state index in [2.05, 4.69) is 20.4 Å². The minimum atomic E-state index is -0.189. The van der Waals surface area contributed by atoms with Crippen LogP contribution in [-0.2, 0) is 9.53 Å². The Hall–Kier alpha value is -2.75. The number of carbonyl (C=O) groups is 1. The number of rotatable bonds is 7. The number of morpholine rings is 1. The molecule has 31 heavy (non-hydrogen) atoms. The topological polar surface area (TPSA) is 89.7 Å². The van der Waals surface area contributed by atoms with E-state index in [0.717, 1.165) is 30.1 Å². The number of hydrogen-bond donors (Lipinski definition) is 1. The summed E-state index contributed by atoms with van der Waals surface area (Å²) in [7, 11) is 1.61. The van der Waals surface area contributed by atoms with Crippen LogP contribution in [0.4, 0.5) is 11.4 Å². The van der Waals surface area contributed by atoms with Gasteiger partial charge in [0.05, 0.1) is 37.5 Å². The summed E-state index contributed by atoms with van der Waals surface area (Å²) in [4.78, 5) is 14.7. The molecule has 0 aliphatic carbocycles. The van der Waals surface area contributed by atoms with Crippen molar-refractivity contribution in [1.82, 2.24) is 10.2 Å². The van der Waals surface area contributed by atoms with E-state index in [1.54, 1.807) is 13.2 Å². The highest BCUT2D eigenvalue weighted by Gasteiger charge is 2.17. The SMILES string of the molecule is COc1ccc(-c2nnc(SCC(=O)Nc3cc(Cl)ccc3N3CCOCC3)o2)cc1. The van der Waals surface area contributed by atoms with E-state index >= 15 is 0 Å². The number of nitrogens with zero attached hydrogens (tertiary/aromatic N) is 3. The lowest BCUT2D eigenvalue weighted by Crippen LogP contribution is -2.36. The molecule has 0 bridgehead atoms. The molecule has 4 rings (SSSR count). The van der Waals surface area contributed by atoms with Crippen LogP contribution in [0.3, 0.4) is 0 Å². The Kier molecular flexibility index (Phi) is 6.96. The lowest BCUT2D eigenvalue weighted by atomic mass is 10.2. The van der Waals surface area contributed by atoms with Gasteiger partial charge >= 0.3 is 0 Å². The van der Waals surface area contributed by atoms with Gasteiger partial charge in [-0.25, -0.2) is 0 Å². The Labute approximate surface area is 188 Å². The zero-order valence-corrected chi connectivity index (χ0v) is 18.4. The largest absolute Gasteiger partial charge is 0.497 e. The Morgan fingerprint density at radius 3 is 2.71 bits per heavy atom. The van der Waals surface area contributed by atoms with E-state index in [1.165, 1.54) is 11.8 Å². The van der Waals surface area contributed by atoms with Crippen LogP contribution in [0.15, 0.2) is 52.1 Å². The first kappa shape index (κ1) is 21.5. The Balaban J connectivity index is 1.37. The van der Waals surface area contributed by atoms with Gasteiger partial charge in [0.2, 0.25) is 11.8 Å². The van der Waals surface area contributed by atoms with E-state index in [4.69, 9.17) is 25.5 Å². The fourth-order valence-corrected chi connectivity index (χ4v) is 3.86. The average Bonchev–Trinajstić information content (AvgIpc) is 3.28. The van der Waals surface area contributed by atoms with E-state index < -0.39 is 0 Å². The minimum Gasteiger partial charge on any atom is -0.497 e. The molecular weight excluding hydrogens is 440 g/mol. The van der Waals surface area contributed by atoms with Crippen LogP contribution in [0.2, 0.25) is 5.02 Å². The van der Waals surface area contributed by atoms with Gasteiger partial charge in [0.15, 0.2) is 0 Å². The molecule has 0 radical (unpaired) electrons. The number of thioether (sulfide) groups is 1. The van der Waals surface area contributed by atoms with Crippen LogP contribution in [0.1, 0.15) is 0 Å². The second-order valence-corrected chi connectivity index (χ2v) is 8.06. The molecule has 1 aromatic heterocycles. The van der Waals surface area contributed by atoms with Gasteiger partial charge in [-0.05, 0) is 42.5 Å². The number of halogens is 1. The summed E-state index contributed by atoms with van der Waals surface area (Å²) in [6, 6.07) is 12.8. The molecule has 0 spiro atoms. The van der Waals surface area contributed by atoms with E-state index in [9.17, 15) is 4.79 Å². The zero-order valence-electron chi connectivity index (χ0n) is 16.8. The number of nitrogens with one attached hydrogen (secondary N) is 1. The normalized spacial score (nSPS) is 13.8. The Morgan fingerprint density at radius 2 is 1.97 bits per heavy atom. The first-order valence-corrected chi connectivity index (χ1v) is 11.0. The van der Waals surface area contributed by atoms with Crippen LogP contribution < -0.4 is 15.0 Å². The standard InChI is InChI=1S/C21H21ClN4O4S/c1-28-16-5-2-14(3-6-16)20-24-25-21(30-20)31-13-19(27)23-17-12-15(22)4-7-18(17)26-8-10-29-11-9-26/h2-7,12H,8-11,13H2,1H3,(H,23,27). The monoisotopic (exact) mass is 460 g/mol. The third-order valence-corrected chi connectivity index (χ3v) is 5.71. The number of carbonyl (C=O) groups excluding carboxylic acids is 1. The summed E-state index contributed by atoms with van der Waals surface area (Å²) in [5.74, 6) is 1.06. The molecule has 2 heterocycles. The number of hydrogen-bond acceptors (Lipinski definition) is 8. The third kappa shape index (κ3) is 5.49. The number of amides is 1. The van der Waals surface area contributed by atoms with E-state index in [0.29, 0.717) is 35.0 Å². The summed E-state index contributed by atoms with van der Waals surface area (Å²) in [5.41, 5.74) is 2.37. The number of aromatic nitrogens is 2. The smallest absolute Gasteiger partial charge is 0.277 e. The highest BCUT2D eigenvalue weighted by atomic mass is 35.5. The van der Waals surface area contributed by atoms with Crippen LogP contribution >= 0.6 is 23.4 Å². The minimum absolute atomic E-state index is 0.124. The second-order valence-electron chi connectivity index (χ2n) is 6.70. The molecule has 1 saturated heterocycles. The maximum absolute atomic E-state index is 12.6. The number of methoxy groups -OCH3 is 1. The summed E-state index contributed by atoms with van der Waals surface area (Å²) in [6.07, 6.45) is 0. The quantitative estimate of drug-likeness (QED) is 0.530. The first-order chi connectivity index (χ1) is 15.1. The molecule has 162 valence electrons. The maximum atomic E-state index is 12.6. The average molecular weight is 461 g/mol. The van der Waals surface area contributed by atoms with Crippen molar-refractivity contribution in [3.63, 3.8) is 0 Å². The van der Waals surface area contributed by atoms with Crippen molar-refractivity contribution in [1.29, 1.82) is 0 Å². The van der Waals surface area contributed by atoms with Crippen LogP contribution in [0.5, 0.6) is 5.75 Å². The third-order valence-electron chi connectivity index (χ3n) is 4.65. The van der Waals surface area contributed by atoms with Gasteiger partial charge in [-0.2, -0.15) is 0 Å². The lowest BCUT2D eigenvalue weighted by Gasteiger charge is -2.30. The van der Waals surface area contributed by atoms with Crippen LogP contribution in [-0.4, -0.2) is 55.3 Å². The van der Waals surface area contributed by atoms with Gasteiger partial charge in [0.25, 0.3) is 5.22 Å². The molecule has 0 atom stereocenters. The van der Waals surface area contributed by atoms with Crippen molar-refractivity contribution < 1.29 is 18.7 Å². The molecular formula is C21H21ClN4O4S. The predicted molar refractivity (Wildman–Crippen MR) is 120 cm³/mol. The van der Waals surface area contributed by atoms with Gasteiger partial charge in [-0.3, -0.25) is 4.79 Å². The molecule has 1 aliphatic rings. The molecule has 3 aromatic rings. The van der Waals surface area contributed by atoms with Crippen molar-refractivity contribution in [3.05, 3.63) is 47.5 Å². The molecule has 1 amide bonds. The molecule has 1 N–H and O–H groups in total. The fraction of sp³-hybridized carbons (Fsp3) is 0.286. The zero-order chi connectivity index (χ0) is 21.6. The summed E-state index contributed by atoms with van der Waals surface area (Å²) in [5, 5.41) is 11.9. The van der Waals surface area contributed by atoms with Crippen molar-refractivity contribution >= 4 is 40.6 Å². The predicted octanol–water partition coefficient (Wildman–Crippen LogP) is 3.97. The first-order valence-electron chi connectivity index (χ1n) is 9.65. The second kappa shape index (κ2) is 10.0. The van der Waals surface area contributed by atoms with Crippen molar-refractivity contribution in [2.24, 2.45) is 0 Å². The number of anilines is 2. The molecule has 1 fully saturated rings. The lowest BCUT2D eigenvalue weighted by molar-refractivity contribution is -0.113. The highest BCUT2D eigenvalue weighted by Crippen LogP contribution is 2.30. The van der Waals surface area contributed by atoms with Gasteiger partial charge in [0, 0.05) is 23.7 Å². The van der Waals surface area contributed by atoms with Crippen molar-refractivity contribution in [3.8, 4) is 17.2 Å². The van der Waals surface area contributed by atoms with Gasteiger partial charge in [-0.1, -0.05) is 23.4 Å². The van der Waals surface area contributed by atoms with Gasteiger partial charge < -0.3 is 24.1 Å². The van der Waals surface area contributed by atoms with Crippen LogP contribution in [0.25, 0.3) is 11.5 Å². The highest BCUT2D eigenvalue weighted by molar-refractivity contribution is 7.99. The number of benzene rings is 2. The number of ether oxygens (including phenoxy) is 2. The van der Waals surface area contributed by atoms with E-state index in [1.807, 2.05) is 36.4 Å². The summed E-state index contributed by atoms with van der Waals surface area (Å²) in [6.45, 7) is 2.82. The summed E-state index contributed by atoms with van der Waals surface area (Å²) >= 11 is 7.32. The molecule has 0 saturated carbocycles. The van der Waals surface area contributed by atoms with Crippen LogP contribution in [0, 0.1) is 0 Å². The molecule has 8 nitrogen and oxygen atoms in total. The Morgan fingerprint density at radius 1 is 1.19 bits per heavy atom. The molecule has 1 aliphatic heterocycles.